The zero-order chi connectivity index (χ0) is 12.5. The number of H-pyrrole nitrogens is 1. The van der Waals surface area contributed by atoms with Crippen LogP contribution in [-0.4, -0.2) is 51.8 Å². The quantitative estimate of drug-likeness (QED) is 0.710. The van der Waals surface area contributed by atoms with E-state index in [1.807, 2.05) is 0 Å². The molecule has 3 rings (SSSR count). The molecule has 2 aromatic rings. The molecule has 1 saturated heterocycles. The number of hydrogen-bond acceptors (Lipinski definition) is 4. The number of aromatic amines is 1. The van der Waals surface area contributed by atoms with Crippen LogP contribution in [0.5, 0.6) is 0 Å². The van der Waals surface area contributed by atoms with Gasteiger partial charge < -0.3 is 10.2 Å². The van der Waals surface area contributed by atoms with Crippen LogP contribution in [0.3, 0.4) is 0 Å². The first-order valence-electron chi connectivity index (χ1n) is 5.60. The van der Waals surface area contributed by atoms with Gasteiger partial charge in [0.1, 0.15) is 11.0 Å². The normalized spacial score (nSPS) is 15.8. The third-order valence-electron chi connectivity index (χ3n) is 2.89. The van der Waals surface area contributed by atoms with Crippen LogP contribution < -0.4 is 5.32 Å². The molecule has 1 aromatic heterocycles. The lowest BCUT2D eigenvalue weighted by molar-refractivity contribution is -0.123. The van der Waals surface area contributed by atoms with E-state index in [0.29, 0.717) is 29.7 Å². The van der Waals surface area contributed by atoms with Crippen molar-refractivity contribution < 1.29 is 9.59 Å². The predicted octanol–water partition coefficient (Wildman–Crippen LogP) is -0.470. The van der Waals surface area contributed by atoms with Crippen LogP contribution in [0, 0.1) is 0 Å². The van der Waals surface area contributed by atoms with Crippen molar-refractivity contribution in [3.63, 3.8) is 0 Å². The average molecular weight is 245 g/mol. The molecule has 1 aliphatic heterocycles. The number of piperazine rings is 1. The van der Waals surface area contributed by atoms with Gasteiger partial charge >= 0.3 is 0 Å². The molecule has 2 N–H and O–H groups in total. The van der Waals surface area contributed by atoms with Crippen LogP contribution in [0.25, 0.3) is 11.0 Å². The third-order valence-corrected chi connectivity index (χ3v) is 2.89. The first-order chi connectivity index (χ1) is 8.74. The number of aromatic nitrogens is 3. The molecule has 2 heterocycles. The standard InChI is InChI=1S/C11H11N5O2/c17-10-6-16(4-3-12-10)11(18)7-1-2-8-9(5-7)14-15-13-8/h1-2,5H,3-4,6H2,(H,12,17)(H,13,14,15). The van der Waals surface area contributed by atoms with Gasteiger partial charge in [-0.05, 0) is 18.2 Å². The van der Waals surface area contributed by atoms with E-state index < -0.39 is 0 Å². The van der Waals surface area contributed by atoms with E-state index >= 15 is 0 Å². The largest absolute Gasteiger partial charge is 0.353 e. The molecule has 0 atom stereocenters. The van der Waals surface area contributed by atoms with E-state index in [4.69, 9.17) is 0 Å². The van der Waals surface area contributed by atoms with E-state index in [9.17, 15) is 9.59 Å². The minimum absolute atomic E-state index is 0.107. The van der Waals surface area contributed by atoms with E-state index in [2.05, 4.69) is 20.7 Å². The average Bonchev–Trinajstić information content (AvgIpc) is 2.85. The lowest BCUT2D eigenvalue weighted by Gasteiger charge is -2.26. The highest BCUT2D eigenvalue weighted by atomic mass is 16.2. The van der Waals surface area contributed by atoms with Crippen molar-refractivity contribution in [2.45, 2.75) is 0 Å². The van der Waals surface area contributed by atoms with Crippen LogP contribution in [0.2, 0.25) is 0 Å². The molecule has 0 spiro atoms. The Morgan fingerprint density at radius 3 is 2.94 bits per heavy atom. The summed E-state index contributed by atoms with van der Waals surface area (Å²) < 4.78 is 0. The second kappa shape index (κ2) is 4.10. The van der Waals surface area contributed by atoms with Crippen molar-refractivity contribution in [1.82, 2.24) is 25.6 Å². The van der Waals surface area contributed by atoms with Crippen molar-refractivity contribution in [1.29, 1.82) is 0 Å². The summed E-state index contributed by atoms with van der Waals surface area (Å²) in [4.78, 5) is 25.0. The fraction of sp³-hybridized carbons (Fsp3) is 0.273. The summed E-state index contributed by atoms with van der Waals surface area (Å²) in [6, 6.07) is 5.10. The minimum atomic E-state index is -0.158. The Labute approximate surface area is 102 Å². The number of carbonyl (C=O) groups excluding carboxylic acids is 2. The predicted molar refractivity (Wildman–Crippen MR) is 62.8 cm³/mol. The second-order valence-corrected chi connectivity index (χ2v) is 4.10. The van der Waals surface area contributed by atoms with Gasteiger partial charge in [-0.1, -0.05) is 0 Å². The molecule has 0 saturated carbocycles. The number of amides is 2. The van der Waals surface area contributed by atoms with Gasteiger partial charge in [0.15, 0.2) is 0 Å². The number of fused-ring (bicyclic) bond motifs is 1. The van der Waals surface area contributed by atoms with Crippen LogP contribution >= 0.6 is 0 Å². The smallest absolute Gasteiger partial charge is 0.254 e. The van der Waals surface area contributed by atoms with Crippen molar-refractivity contribution in [3.8, 4) is 0 Å². The Bertz CT molecular complexity index is 621. The molecule has 2 amide bonds. The first-order valence-corrected chi connectivity index (χ1v) is 5.60. The summed E-state index contributed by atoms with van der Waals surface area (Å²) in [6.45, 7) is 1.13. The molecule has 7 heteroatoms. The Balaban J connectivity index is 1.88. The highest BCUT2D eigenvalue weighted by Crippen LogP contribution is 2.13. The molecule has 0 aliphatic carbocycles. The number of hydrogen-bond donors (Lipinski definition) is 2. The van der Waals surface area contributed by atoms with Gasteiger partial charge in [0.05, 0.1) is 6.54 Å². The first kappa shape index (κ1) is 10.7. The topological polar surface area (TPSA) is 91.0 Å². The summed E-state index contributed by atoms with van der Waals surface area (Å²) in [5.41, 5.74) is 1.87. The van der Waals surface area contributed by atoms with Gasteiger partial charge in [-0.2, -0.15) is 15.4 Å². The molecule has 1 aromatic carbocycles. The van der Waals surface area contributed by atoms with E-state index in [0.717, 1.165) is 0 Å². The Kier molecular flexibility index (Phi) is 2.44. The number of rotatable bonds is 1. The van der Waals surface area contributed by atoms with Crippen LogP contribution in [0.1, 0.15) is 10.4 Å². The molecule has 0 unspecified atom stereocenters. The molecule has 0 bridgehead atoms. The molecule has 1 fully saturated rings. The monoisotopic (exact) mass is 245 g/mol. The van der Waals surface area contributed by atoms with Gasteiger partial charge in [0.2, 0.25) is 5.91 Å². The summed E-state index contributed by atoms with van der Waals surface area (Å²) >= 11 is 0. The van der Waals surface area contributed by atoms with Crippen molar-refractivity contribution >= 4 is 22.8 Å². The molecular formula is C11H11N5O2. The summed E-state index contributed by atoms with van der Waals surface area (Å²) in [5, 5.41) is 13.0. The third kappa shape index (κ3) is 1.79. The molecule has 0 radical (unpaired) electrons. The number of carbonyl (C=O) groups is 2. The van der Waals surface area contributed by atoms with Gasteiger partial charge in [-0.15, -0.1) is 0 Å². The zero-order valence-corrected chi connectivity index (χ0v) is 9.51. The van der Waals surface area contributed by atoms with Crippen LogP contribution in [0.4, 0.5) is 0 Å². The minimum Gasteiger partial charge on any atom is -0.353 e. The van der Waals surface area contributed by atoms with E-state index in [1.165, 1.54) is 4.90 Å². The van der Waals surface area contributed by atoms with Crippen molar-refractivity contribution in [2.75, 3.05) is 19.6 Å². The van der Waals surface area contributed by atoms with Gasteiger partial charge in [0, 0.05) is 18.7 Å². The SMILES string of the molecule is O=C1CN(C(=O)c2ccc3n[nH]nc3c2)CCN1. The highest BCUT2D eigenvalue weighted by molar-refractivity contribution is 5.99. The van der Waals surface area contributed by atoms with Crippen LogP contribution in [-0.2, 0) is 4.79 Å². The van der Waals surface area contributed by atoms with Gasteiger partial charge in [-0.25, -0.2) is 0 Å². The Morgan fingerprint density at radius 1 is 1.28 bits per heavy atom. The zero-order valence-electron chi connectivity index (χ0n) is 9.51. The maximum atomic E-state index is 12.2. The molecule has 7 nitrogen and oxygen atoms in total. The number of nitrogens with one attached hydrogen (secondary N) is 2. The van der Waals surface area contributed by atoms with Crippen molar-refractivity contribution in [3.05, 3.63) is 23.8 Å². The molecular weight excluding hydrogens is 234 g/mol. The van der Waals surface area contributed by atoms with Gasteiger partial charge in [0.25, 0.3) is 5.91 Å². The lowest BCUT2D eigenvalue weighted by atomic mass is 10.1. The van der Waals surface area contributed by atoms with Crippen LogP contribution in [0.15, 0.2) is 18.2 Å². The summed E-state index contributed by atoms with van der Waals surface area (Å²) in [7, 11) is 0. The Hall–Kier alpha value is -2.44. The molecule has 92 valence electrons. The van der Waals surface area contributed by atoms with E-state index in [1.54, 1.807) is 18.2 Å². The van der Waals surface area contributed by atoms with Gasteiger partial charge in [-0.3, -0.25) is 9.59 Å². The summed E-state index contributed by atoms with van der Waals surface area (Å²) in [5.74, 6) is -0.285. The lowest BCUT2D eigenvalue weighted by Crippen LogP contribution is -2.49. The van der Waals surface area contributed by atoms with E-state index in [-0.39, 0.29) is 18.4 Å². The number of nitrogens with zero attached hydrogens (tertiary/aromatic N) is 3. The maximum absolute atomic E-state index is 12.2. The number of benzene rings is 1. The fourth-order valence-electron chi connectivity index (χ4n) is 1.97. The fourth-order valence-corrected chi connectivity index (χ4v) is 1.97. The highest BCUT2D eigenvalue weighted by Gasteiger charge is 2.22. The second-order valence-electron chi connectivity index (χ2n) is 4.10. The van der Waals surface area contributed by atoms with Crippen molar-refractivity contribution in [2.24, 2.45) is 0 Å². The molecule has 1 aliphatic rings. The maximum Gasteiger partial charge on any atom is 0.254 e. The summed E-state index contributed by atoms with van der Waals surface area (Å²) in [6.07, 6.45) is 0. The Morgan fingerprint density at radius 2 is 2.11 bits per heavy atom. The molecule has 18 heavy (non-hydrogen) atoms.